The van der Waals surface area contributed by atoms with Gasteiger partial charge in [0, 0.05) is 28.5 Å². The number of nitrogens with zero attached hydrogens (tertiary/aromatic N) is 2. The van der Waals surface area contributed by atoms with Gasteiger partial charge >= 0.3 is 6.03 Å². The third-order valence-electron chi connectivity index (χ3n) is 4.50. The lowest BCUT2D eigenvalue weighted by Gasteiger charge is -2.36. The van der Waals surface area contributed by atoms with Crippen LogP contribution in [0.4, 0.5) is 16.2 Å². The average molecular weight is 369 g/mol. The Hall–Kier alpha value is -3.11. The van der Waals surface area contributed by atoms with Gasteiger partial charge in [-0.1, -0.05) is 17.5 Å². The van der Waals surface area contributed by atoms with E-state index < -0.39 is 10.5 Å². The van der Waals surface area contributed by atoms with Crippen molar-refractivity contribution in [3.8, 4) is 11.8 Å². The summed E-state index contributed by atoms with van der Waals surface area (Å²) >= 11 is 6.16. The number of hydrogen-bond acceptors (Lipinski definition) is 4. The fourth-order valence-electron chi connectivity index (χ4n) is 3.15. The fraction of sp³-hybridized carbons (Fsp3) is 0.222. The normalized spacial score (nSPS) is 20.9. The Morgan fingerprint density at radius 1 is 1.31 bits per heavy atom. The molecule has 0 bridgehead atoms. The standard InChI is InChI=1S/C18H13ClN4O3/c19-12-3-4-16-15(9-12)18(11-1-2-11,22-17(24)21-16)7-5-13-10-14(23(25)26)6-8-20-13/h3-4,6,8-11H,1-2H2,(H2,21,22,24). The van der Waals surface area contributed by atoms with Gasteiger partial charge in [0.2, 0.25) is 0 Å². The highest BCUT2D eigenvalue weighted by Crippen LogP contribution is 2.49. The first kappa shape index (κ1) is 16.4. The number of pyridine rings is 1. The lowest BCUT2D eigenvalue weighted by atomic mass is 9.83. The first-order valence-corrected chi connectivity index (χ1v) is 8.38. The molecule has 1 unspecified atom stereocenters. The third-order valence-corrected chi connectivity index (χ3v) is 4.73. The summed E-state index contributed by atoms with van der Waals surface area (Å²) in [4.78, 5) is 26.7. The molecule has 4 rings (SSSR count). The molecule has 1 saturated carbocycles. The molecule has 1 aliphatic heterocycles. The van der Waals surface area contributed by atoms with Crippen molar-refractivity contribution in [2.24, 2.45) is 5.92 Å². The number of urea groups is 1. The summed E-state index contributed by atoms with van der Waals surface area (Å²) < 4.78 is 0. The summed E-state index contributed by atoms with van der Waals surface area (Å²) in [6.07, 6.45) is 3.18. The summed E-state index contributed by atoms with van der Waals surface area (Å²) in [5.74, 6) is 6.18. The highest BCUT2D eigenvalue weighted by molar-refractivity contribution is 6.30. The van der Waals surface area contributed by atoms with Gasteiger partial charge in [-0.3, -0.25) is 10.1 Å². The second-order valence-electron chi connectivity index (χ2n) is 6.26. The first-order chi connectivity index (χ1) is 12.5. The molecule has 0 spiro atoms. The van der Waals surface area contributed by atoms with Gasteiger partial charge in [0.25, 0.3) is 5.69 Å². The van der Waals surface area contributed by atoms with Gasteiger partial charge in [-0.15, -0.1) is 0 Å². The highest BCUT2D eigenvalue weighted by atomic mass is 35.5. The van der Waals surface area contributed by atoms with Crippen LogP contribution in [0.5, 0.6) is 0 Å². The Balaban J connectivity index is 1.83. The molecule has 1 atom stereocenters. The van der Waals surface area contributed by atoms with Gasteiger partial charge in [0.15, 0.2) is 0 Å². The van der Waals surface area contributed by atoms with Crippen LogP contribution in [0.15, 0.2) is 36.5 Å². The predicted molar refractivity (Wildman–Crippen MR) is 95.8 cm³/mol. The van der Waals surface area contributed by atoms with Gasteiger partial charge in [-0.05, 0) is 42.9 Å². The van der Waals surface area contributed by atoms with E-state index in [-0.39, 0.29) is 23.3 Å². The number of hydrogen-bond donors (Lipinski definition) is 2. The molecule has 2 aromatic rings. The van der Waals surface area contributed by atoms with E-state index in [1.165, 1.54) is 18.3 Å². The molecule has 130 valence electrons. The highest BCUT2D eigenvalue weighted by Gasteiger charge is 2.50. The third kappa shape index (κ3) is 2.85. The van der Waals surface area contributed by atoms with Crippen molar-refractivity contribution >= 4 is 29.0 Å². The minimum Gasteiger partial charge on any atom is -0.317 e. The number of carbonyl (C=O) groups excluding carboxylic acids is 1. The van der Waals surface area contributed by atoms with Crippen LogP contribution in [0.2, 0.25) is 5.02 Å². The van der Waals surface area contributed by atoms with Crippen molar-refractivity contribution in [1.29, 1.82) is 0 Å². The molecule has 2 N–H and O–H groups in total. The monoisotopic (exact) mass is 368 g/mol. The summed E-state index contributed by atoms with van der Waals surface area (Å²) in [7, 11) is 0. The molecule has 7 nitrogen and oxygen atoms in total. The number of aromatic nitrogens is 1. The first-order valence-electron chi connectivity index (χ1n) is 8.01. The van der Waals surface area contributed by atoms with E-state index in [9.17, 15) is 14.9 Å². The Labute approximate surface area is 153 Å². The van der Waals surface area contributed by atoms with Crippen LogP contribution in [0.25, 0.3) is 0 Å². The van der Waals surface area contributed by atoms with Crippen molar-refractivity contribution in [3.05, 3.63) is 62.9 Å². The molecule has 1 aliphatic carbocycles. The van der Waals surface area contributed by atoms with Gasteiger partial charge < -0.3 is 10.6 Å². The zero-order chi connectivity index (χ0) is 18.3. The van der Waals surface area contributed by atoms with Gasteiger partial charge in [-0.2, -0.15) is 0 Å². The van der Waals surface area contributed by atoms with Gasteiger partial charge in [-0.25, -0.2) is 9.78 Å². The molecule has 2 heterocycles. The van der Waals surface area contributed by atoms with Crippen LogP contribution in [0.1, 0.15) is 24.1 Å². The summed E-state index contributed by atoms with van der Waals surface area (Å²) in [6, 6.07) is 7.53. The Kier molecular flexibility index (Phi) is 3.78. The van der Waals surface area contributed by atoms with Crippen molar-refractivity contribution in [2.75, 3.05) is 5.32 Å². The fourth-order valence-corrected chi connectivity index (χ4v) is 3.33. The van der Waals surface area contributed by atoms with E-state index >= 15 is 0 Å². The number of amides is 2. The largest absolute Gasteiger partial charge is 0.320 e. The second-order valence-corrected chi connectivity index (χ2v) is 6.69. The number of carbonyl (C=O) groups is 1. The van der Waals surface area contributed by atoms with E-state index in [0.29, 0.717) is 10.7 Å². The maximum absolute atomic E-state index is 12.2. The quantitative estimate of drug-likeness (QED) is 0.482. The van der Waals surface area contributed by atoms with Crippen LogP contribution < -0.4 is 10.6 Å². The molecular weight excluding hydrogens is 356 g/mol. The summed E-state index contributed by atoms with van der Waals surface area (Å²) in [6.45, 7) is 0. The molecule has 1 aromatic carbocycles. The summed E-state index contributed by atoms with van der Waals surface area (Å²) in [5, 5.41) is 17.2. The van der Waals surface area contributed by atoms with Crippen molar-refractivity contribution in [2.45, 2.75) is 18.4 Å². The molecule has 0 radical (unpaired) electrons. The maximum atomic E-state index is 12.2. The number of rotatable bonds is 2. The van der Waals surface area contributed by atoms with E-state index in [2.05, 4.69) is 27.5 Å². The Morgan fingerprint density at radius 2 is 2.12 bits per heavy atom. The van der Waals surface area contributed by atoms with Crippen molar-refractivity contribution < 1.29 is 9.72 Å². The molecule has 8 heteroatoms. The molecular formula is C18H13ClN4O3. The number of fused-ring (bicyclic) bond motifs is 1. The Bertz CT molecular complexity index is 993. The maximum Gasteiger partial charge on any atom is 0.320 e. The van der Waals surface area contributed by atoms with Crippen molar-refractivity contribution in [1.82, 2.24) is 10.3 Å². The average Bonchev–Trinajstić information content (AvgIpc) is 3.46. The molecule has 2 aliphatic rings. The predicted octanol–water partition coefficient (Wildman–Crippen LogP) is 3.44. The van der Waals surface area contributed by atoms with Crippen LogP contribution in [0.3, 0.4) is 0 Å². The zero-order valence-corrected chi connectivity index (χ0v) is 14.2. The molecule has 2 amide bonds. The van der Waals surface area contributed by atoms with Gasteiger partial charge in [0.1, 0.15) is 11.2 Å². The molecule has 26 heavy (non-hydrogen) atoms. The Morgan fingerprint density at radius 3 is 2.85 bits per heavy atom. The lowest BCUT2D eigenvalue weighted by Crippen LogP contribution is -2.52. The number of halogens is 1. The lowest BCUT2D eigenvalue weighted by molar-refractivity contribution is -0.385. The minimum atomic E-state index is -0.894. The molecule has 1 aromatic heterocycles. The van der Waals surface area contributed by atoms with E-state index in [4.69, 9.17) is 11.6 Å². The SMILES string of the molecule is O=C1Nc2ccc(Cl)cc2C(C#Cc2cc([N+](=O)[O-])ccn2)(C2CC2)N1. The van der Waals surface area contributed by atoms with E-state index in [0.717, 1.165) is 18.4 Å². The molecule has 1 fully saturated rings. The zero-order valence-electron chi connectivity index (χ0n) is 13.5. The number of nitrogens with one attached hydrogen (secondary N) is 2. The van der Waals surface area contributed by atoms with Crippen LogP contribution in [0, 0.1) is 27.9 Å². The van der Waals surface area contributed by atoms with Crippen LogP contribution >= 0.6 is 11.6 Å². The van der Waals surface area contributed by atoms with Gasteiger partial charge in [0.05, 0.1) is 11.0 Å². The summed E-state index contributed by atoms with van der Waals surface area (Å²) in [5.41, 5.74) is 0.754. The second kappa shape index (κ2) is 6.00. The number of anilines is 1. The topological polar surface area (TPSA) is 97.2 Å². The van der Waals surface area contributed by atoms with Crippen LogP contribution in [-0.4, -0.2) is 15.9 Å². The van der Waals surface area contributed by atoms with Crippen molar-refractivity contribution in [3.63, 3.8) is 0 Å². The minimum absolute atomic E-state index is 0.0810. The number of benzene rings is 1. The van der Waals surface area contributed by atoms with Crippen LogP contribution in [-0.2, 0) is 5.54 Å². The smallest absolute Gasteiger partial charge is 0.317 e. The van der Waals surface area contributed by atoms with E-state index in [1.807, 2.05) is 0 Å². The van der Waals surface area contributed by atoms with E-state index in [1.54, 1.807) is 18.2 Å². The number of nitro groups is 1. The molecule has 0 saturated heterocycles.